The Hall–Kier alpha value is -2.81. The zero-order valence-electron chi connectivity index (χ0n) is 14.6. The highest BCUT2D eigenvalue weighted by Gasteiger charge is 2.08. The Labute approximate surface area is 148 Å². The summed E-state index contributed by atoms with van der Waals surface area (Å²) in [5.74, 6) is 1.30. The topological polar surface area (TPSA) is 35.5 Å². The molecule has 128 valence electrons. The second-order valence-electron chi connectivity index (χ2n) is 6.15. The first-order chi connectivity index (χ1) is 12.2. The fourth-order valence-corrected chi connectivity index (χ4v) is 2.66. The molecule has 0 saturated carbocycles. The Morgan fingerprint density at radius 2 is 1.60 bits per heavy atom. The zero-order valence-corrected chi connectivity index (χ0v) is 14.6. The first kappa shape index (κ1) is 17.0. The predicted molar refractivity (Wildman–Crippen MR) is 100 cm³/mol. The molecule has 3 heteroatoms. The van der Waals surface area contributed by atoms with Gasteiger partial charge in [-0.1, -0.05) is 56.3 Å². The van der Waals surface area contributed by atoms with Crippen LogP contribution in [-0.4, -0.2) is 12.6 Å². The van der Waals surface area contributed by atoms with Crippen LogP contribution in [0.1, 0.15) is 31.7 Å². The maximum absolute atomic E-state index is 12.0. The van der Waals surface area contributed by atoms with Crippen LogP contribution in [0, 0.1) is 0 Å². The fourth-order valence-electron chi connectivity index (χ4n) is 2.66. The van der Waals surface area contributed by atoms with Crippen LogP contribution in [-0.2, 0) is 4.79 Å². The van der Waals surface area contributed by atoms with Crippen molar-refractivity contribution in [2.24, 2.45) is 0 Å². The average molecular weight is 334 g/mol. The van der Waals surface area contributed by atoms with Crippen LogP contribution in [0.3, 0.4) is 0 Å². The monoisotopic (exact) mass is 334 g/mol. The third kappa shape index (κ3) is 4.38. The number of benzene rings is 3. The molecule has 0 aliphatic heterocycles. The molecule has 0 amide bonds. The van der Waals surface area contributed by atoms with Gasteiger partial charge < -0.3 is 9.47 Å². The molecule has 1 atom stereocenters. The molecule has 0 aliphatic rings. The van der Waals surface area contributed by atoms with E-state index >= 15 is 0 Å². The first-order valence-corrected chi connectivity index (χ1v) is 8.58. The lowest BCUT2D eigenvalue weighted by Gasteiger charge is -2.11. The van der Waals surface area contributed by atoms with E-state index in [1.165, 1.54) is 5.56 Å². The molecule has 25 heavy (non-hydrogen) atoms. The number of fused-ring (bicyclic) bond motifs is 1. The third-order valence-electron chi connectivity index (χ3n) is 4.37. The maximum atomic E-state index is 12.0. The van der Waals surface area contributed by atoms with E-state index in [0.717, 1.165) is 17.2 Å². The minimum atomic E-state index is -0.415. The Kier molecular flexibility index (Phi) is 5.34. The van der Waals surface area contributed by atoms with Crippen LogP contribution in [0.5, 0.6) is 11.5 Å². The molecular weight excluding hydrogens is 312 g/mol. The molecule has 1 unspecified atom stereocenters. The lowest BCUT2D eigenvalue weighted by atomic mass is 9.99. The summed E-state index contributed by atoms with van der Waals surface area (Å²) >= 11 is 0. The Morgan fingerprint density at radius 1 is 0.920 bits per heavy atom. The molecule has 0 fully saturated rings. The molecule has 0 N–H and O–H groups in total. The molecule has 3 rings (SSSR count). The van der Waals surface area contributed by atoms with E-state index in [4.69, 9.17) is 9.47 Å². The van der Waals surface area contributed by atoms with Crippen molar-refractivity contribution >= 4 is 16.7 Å². The van der Waals surface area contributed by atoms with Gasteiger partial charge in [0, 0.05) is 0 Å². The van der Waals surface area contributed by atoms with Crippen LogP contribution in [0.25, 0.3) is 10.8 Å². The van der Waals surface area contributed by atoms with E-state index in [1.54, 1.807) is 6.07 Å². The number of rotatable bonds is 6. The second kappa shape index (κ2) is 7.84. The zero-order chi connectivity index (χ0) is 17.6. The number of hydrogen-bond donors (Lipinski definition) is 0. The molecule has 3 aromatic carbocycles. The largest absolute Gasteiger partial charge is 0.482 e. The summed E-state index contributed by atoms with van der Waals surface area (Å²) in [6, 6.07) is 21.4. The van der Waals surface area contributed by atoms with E-state index in [0.29, 0.717) is 17.4 Å². The first-order valence-electron chi connectivity index (χ1n) is 8.58. The molecule has 0 radical (unpaired) electrons. The van der Waals surface area contributed by atoms with Crippen LogP contribution in [0.2, 0.25) is 0 Å². The van der Waals surface area contributed by atoms with E-state index in [2.05, 4.69) is 13.8 Å². The van der Waals surface area contributed by atoms with Crippen molar-refractivity contribution in [2.45, 2.75) is 26.2 Å². The van der Waals surface area contributed by atoms with Gasteiger partial charge in [0.15, 0.2) is 6.61 Å². The van der Waals surface area contributed by atoms with Gasteiger partial charge in [0.05, 0.1) is 0 Å². The second-order valence-corrected chi connectivity index (χ2v) is 6.15. The van der Waals surface area contributed by atoms with Gasteiger partial charge in [-0.05, 0) is 52.9 Å². The standard InChI is InChI=1S/C22H22O3/c1-3-16(2)17-8-11-20(12-9-17)24-15-22(23)25-21-13-10-18-6-4-5-7-19(18)14-21/h4-14,16H,3,15H2,1-2H3. The van der Waals surface area contributed by atoms with E-state index in [9.17, 15) is 4.79 Å². The predicted octanol–water partition coefficient (Wildman–Crippen LogP) is 5.34. The molecule has 0 aliphatic carbocycles. The van der Waals surface area contributed by atoms with Gasteiger partial charge in [-0.15, -0.1) is 0 Å². The van der Waals surface area contributed by atoms with Crippen molar-refractivity contribution in [3.8, 4) is 11.5 Å². The molecular formula is C22H22O3. The summed E-state index contributed by atoms with van der Waals surface area (Å²) in [4.78, 5) is 12.0. The van der Waals surface area contributed by atoms with Crippen molar-refractivity contribution in [1.29, 1.82) is 0 Å². The summed E-state index contributed by atoms with van der Waals surface area (Å²) in [6.07, 6.45) is 1.10. The van der Waals surface area contributed by atoms with Gasteiger partial charge in [-0.3, -0.25) is 0 Å². The number of ether oxygens (including phenoxy) is 2. The quantitative estimate of drug-likeness (QED) is 0.451. The van der Waals surface area contributed by atoms with Crippen molar-refractivity contribution < 1.29 is 14.3 Å². The SMILES string of the molecule is CCC(C)c1ccc(OCC(=O)Oc2ccc3ccccc3c2)cc1. The number of hydrogen-bond acceptors (Lipinski definition) is 3. The molecule has 0 spiro atoms. The van der Waals surface area contributed by atoms with Crippen LogP contribution in [0.4, 0.5) is 0 Å². The summed E-state index contributed by atoms with van der Waals surface area (Å²) in [5, 5.41) is 2.15. The van der Waals surface area contributed by atoms with Gasteiger partial charge in [-0.25, -0.2) is 4.79 Å². The number of esters is 1. The van der Waals surface area contributed by atoms with Gasteiger partial charge in [0.2, 0.25) is 0 Å². The van der Waals surface area contributed by atoms with Gasteiger partial charge >= 0.3 is 5.97 Å². The number of carbonyl (C=O) groups excluding carboxylic acids is 1. The highest BCUT2D eigenvalue weighted by molar-refractivity contribution is 5.84. The molecule has 0 bridgehead atoms. The minimum absolute atomic E-state index is 0.116. The Bertz CT molecular complexity index is 853. The molecule has 3 nitrogen and oxygen atoms in total. The lowest BCUT2D eigenvalue weighted by molar-refractivity contribution is -0.136. The smallest absolute Gasteiger partial charge is 0.349 e. The summed E-state index contributed by atoms with van der Waals surface area (Å²) in [5.41, 5.74) is 1.27. The van der Waals surface area contributed by atoms with E-state index in [-0.39, 0.29) is 6.61 Å². The Morgan fingerprint density at radius 3 is 2.32 bits per heavy atom. The van der Waals surface area contributed by atoms with Crippen molar-refractivity contribution in [3.63, 3.8) is 0 Å². The highest BCUT2D eigenvalue weighted by atomic mass is 16.6. The summed E-state index contributed by atoms with van der Waals surface area (Å²) in [7, 11) is 0. The van der Waals surface area contributed by atoms with Crippen LogP contribution < -0.4 is 9.47 Å². The summed E-state index contributed by atoms with van der Waals surface area (Å²) < 4.78 is 10.9. The fraction of sp³-hybridized carbons (Fsp3) is 0.227. The number of carbonyl (C=O) groups is 1. The molecule has 3 aromatic rings. The van der Waals surface area contributed by atoms with E-state index < -0.39 is 5.97 Å². The normalized spacial score (nSPS) is 11.9. The van der Waals surface area contributed by atoms with Crippen molar-refractivity contribution in [3.05, 3.63) is 72.3 Å². The van der Waals surface area contributed by atoms with Crippen LogP contribution in [0.15, 0.2) is 66.7 Å². The van der Waals surface area contributed by atoms with Crippen LogP contribution >= 0.6 is 0 Å². The Balaban J connectivity index is 1.56. The van der Waals surface area contributed by atoms with E-state index in [1.807, 2.05) is 60.7 Å². The molecule has 0 aromatic heterocycles. The molecule has 0 saturated heterocycles. The maximum Gasteiger partial charge on any atom is 0.349 e. The molecule has 0 heterocycles. The summed E-state index contributed by atoms with van der Waals surface area (Å²) in [6.45, 7) is 4.24. The minimum Gasteiger partial charge on any atom is -0.482 e. The average Bonchev–Trinajstić information content (AvgIpc) is 2.66. The van der Waals surface area contributed by atoms with Crippen molar-refractivity contribution in [2.75, 3.05) is 6.61 Å². The lowest BCUT2D eigenvalue weighted by Crippen LogP contribution is -2.17. The highest BCUT2D eigenvalue weighted by Crippen LogP contribution is 2.22. The van der Waals surface area contributed by atoms with Crippen molar-refractivity contribution in [1.82, 2.24) is 0 Å². The van der Waals surface area contributed by atoms with Gasteiger partial charge in [0.25, 0.3) is 0 Å². The van der Waals surface area contributed by atoms with Gasteiger partial charge in [0.1, 0.15) is 11.5 Å². The third-order valence-corrected chi connectivity index (χ3v) is 4.37. The van der Waals surface area contributed by atoms with Gasteiger partial charge in [-0.2, -0.15) is 0 Å².